The van der Waals surface area contributed by atoms with Gasteiger partial charge in [-0.15, -0.1) is 0 Å². The summed E-state index contributed by atoms with van der Waals surface area (Å²) in [6.45, 7) is 1.00. The van der Waals surface area contributed by atoms with Crippen molar-refractivity contribution in [1.82, 2.24) is 10.2 Å². The molecule has 0 bridgehead atoms. The van der Waals surface area contributed by atoms with Crippen LogP contribution >= 0.6 is 0 Å². The molecule has 21 heavy (non-hydrogen) atoms. The van der Waals surface area contributed by atoms with Crippen molar-refractivity contribution in [3.63, 3.8) is 0 Å². The summed E-state index contributed by atoms with van der Waals surface area (Å²) in [4.78, 5) is 25.4. The van der Waals surface area contributed by atoms with E-state index in [0.29, 0.717) is 12.8 Å². The molecule has 1 N–H and O–H groups in total. The maximum Gasteiger partial charge on any atom is 0.255 e. The Labute approximate surface area is 122 Å². The van der Waals surface area contributed by atoms with Gasteiger partial charge in [0.05, 0.1) is 6.54 Å². The van der Waals surface area contributed by atoms with Crippen LogP contribution in [0.2, 0.25) is 0 Å². The molecule has 1 heterocycles. The monoisotopic (exact) mass is 296 g/mol. The molecule has 0 radical (unpaired) electrons. The Bertz CT molecular complexity index is 508. The van der Waals surface area contributed by atoms with Gasteiger partial charge in [0.1, 0.15) is 12.1 Å². The highest BCUT2D eigenvalue weighted by molar-refractivity contribution is 5.97. The Balaban J connectivity index is 2.16. The normalized spacial score (nSPS) is 22.6. The molecule has 114 valence electrons. The second-order valence-electron chi connectivity index (χ2n) is 5.06. The lowest BCUT2D eigenvalue weighted by molar-refractivity contribution is -0.151. The molecule has 1 aliphatic rings. The van der Waals surface area contributed by atoms with Crippen molar-refractivity contribution in [2.45, 2.75) is 38.3 Å². The molecule has 1 saturated heterocycles. The summed E-state index contributed by atoms with van der Waals surface area (Å²) in [5.74, 6) is -0.802. The SMILES string of the molecule is CCC1C(=O)NC(Cc2ccccc2)C(=O)N1CC(F)F. The van der Waals surface area contributed by atoms with E-state index in [9.17, 15) is 18.4 Å². The zero-order valence-corrected chi connectivity index (χ0v) is 11.8. The molecule has 1 aromatic carbocycles. The maximum absolute atomic E-state index is 12.7. The molecule has 2 amide bonds. The second-order valence-corrected chi connectivity index (χ2v) is 5.06. The van der Waals surface area contributed by atoms with E-state index >= 15 is 0 Å². The van der Waals surface area contributed by atoms with Crippen molar-refractivity contribution >= 4 is 11.8 Å². The zero-order chi connectivity index (χ0) is 15.4. The Hall–Kier alpha value is -1.98. The van der Waals surface area contributed by atoms with Crippen molar-refractivity contribution < 1.29 is 18.4 Å². The fraction of sp³-hybridized carbons (Fsp3) is 0.467. The van der Waals surface area contributed by atoms with Gasteiger partial charge in [0.25, 0.3) is 6.43 Å². The molecule has 6 heteroatoms. The first-order chi connectivity index (χ1) is 10.0. The van der Waals surface area contributed by atoms with Crippen LogP contribution in [-0.2, 0) is 16.0 Å². The lowest BCUT2D eigenvalue weighted by atomic mass is 9.99. The molecule has 1 aliphatic heterocycles. The number of alkyl halides is 2. The van der Waals surface area contributed by atoms with Gasteiger partial charge in [0, 0.05) is 6.42 Å². The van der Waals surface area contributed by atoms with Gasteiger partial charge in [-0.3, -0.25) is 9.59 Å². The molecule has 2 unspecified atom stereocenters. The summed E-state index contributed by atoms with van der Waals surface area (Å²) in [7, 11) is 0. The molecular weight excluding hydrogens is 278 g/mol. The highest BCUT2D eigenvalue weighted by atomic mass is 19.3. The number of nitrogens with one attached hydrogen (secondary N) is 1. The minimum absolute atomic E-state index is 0.307. The topological polar surface area (TPSA) is 49.4 Å². The first kappa shape index (κ1) is 15.4. The van der Waals surface area contributed by atoms with Crippen LogP contribution in [0.5, 0.6) is 0 Å². The van der Waals surface area contributed by atoms with E-state index in [4.69, 9.17) is 0 Å². The van der Waals surface area contributed by atoms with Gasteiger partial charge < -0.3 is 10.2 Å². The Kier molecular flexibility index (Phi) is 4.88. The van der Waals surface area contributed by atoms with Crippen molar-refractivity contribution in [3.05, 3.63) is 35.9 Å². The van der Waals surface area contributed by atoms with E-state index < -0.39 is 31.0 Å². The molecule has 0 spiro atoms. The van der Waals surface area contributed by atoms with E-state index in [1.165, 1.54) is 0 Å². The van der Waals surface area contributed by atoms with Crippen LogP contribution in [0.3, 0.4) is 0 Å². The number of halogens is 2. The summed E-state index contributed by atoms with van der Waals surface area (Å²) in [6, 6.07) is 7.60. The van der Waals surface area contributed by atoms with Gasteiger partial charge in [-0.2, -0.15) is 0 Å². The Morgan fingerprint density at radius 2 is 1.90 bits per heavy atom. The predicted octanol–water partition coefficient (Wildman–Crippen LogP) is 1.60. The zero-order valence-electron chi connectivity index (χ0n) is 11.8. The quantitative estimate of drug-likeness (QED) is 0.897. The van der Waals surface area contributed by atoms with E-state index in [1.807, 2.05) is 30.3 Å². The van der Waals surface area contributed by atoms with Crippen molar-refractivity contribution in [1.29, 1.82) is 0 Å². The minimum Gasteiger partial charge on any atom is -0.342 e. The Morgan fingerprint density at radius 1 is 1.24 bits per heavy atom. The van der Waals surface area contributed by atoms with Gasteiger partial charge in [0.15, 0.2) is 0 Å². The Morgan fingerprint density at radius 3 is 2.48 bits per heavy atom. The summed E-state index contributed by atoms with van der Waals surface area (Å²) in [5.41, 5.74) is 0.878. The number of amides is 2. The molecule has 0 aliphatic carbocycles. The van der Waals surface area contributed by atoms with Crippen LogP contribution in [-0.4, -0.2) is 41.8 Å². The van der Waals surface area contributed by atoms with E-state index in [1.54, 1.807) is 6.92 Å². The standard InChI is InChI=1S/C15H18F2N2O2/c1-2-12-14(20)18-11(8-10-6-4-3-5-7-10)15(21)19(12)9-13(16)17/h3-7,11-13H,2,8-9H2,1H3,(H,18,20). The average molecular weight is 296 g/mol. The molecule has 1 fully saturated rings. The maximum atomic E-state index is 12.7. The van der Waals surface area contributed by atoms with E-state index in [-0.39, 0.29) is 5.91 Å². The number of carbonyl (C=O) groups is 2. The van der Waals surface area contributed by atoms with Crippen LogP contribution in [0.1, 0.15) is 18.9 Å². The predicted molar refractivity (Wildman–Crippen MR) is 73.9 cm³/mol. The van der Waals surface area contributed by atoms with Crippen molar-refractivity contribution in [2.75, 3.05) is 6.54 Å². The number of rotatable bonds is 5. The number of hydrogen-bond acceptors (Lipinski definition) is 2. The molecule has 1 aromatic rings. The van der Waals surface area contributed by atoms with Crippen molar-refractivity contribution in [2.24, 2.45) is 0 Å². The van der Waals surface area contributed by atoms with Gasteiger partial charge >= 0.3 is 0 Å². The van der Waals surface area contributed by atoms with Gasteiger partial charge in [-0.05, 0) is 12.0 Å². The number of piperazine rings is 1. The molecule has 4 nitrogen and oxygen atoms in total. The number of benzene rings is 1. The molecular formula is C15H18F2N2O2. The third-order valence-corrected chi connectivity index (χ3v) is 3.58. The molecule has 2 atom stereocenters. The minimum atomic E-state index is -2.65. The summed E-state index contributed by atoms with van der Waals surface area (Å²) in [5, 5.41) is 2.64. The number of carbonyl (C=O) groups excluding carboxylic acids is 2. The lowest BCUT2D eigenvalue weighted by Crippen LogP contribution is -2.64. The first-order valence-corrected chi connectivity index (χ1v) is 6.95. The fourth-order valence-electron chi connectivity index (χ4n) is 2.58. The molecule has 0 saturated carbocycles. The van der Waals surface area contributed by atoms with E-state index in [0.717, 1.165) is 10.5 Å². The van der Waals surface area contributed by atoms with E-state index in [2.05, 4.69) is 5.32 Å². The molecule has 0 aromatic heterocycles. The van der Waals surface area contributed by atoms with Crippen LogP contribution in [0.15, 0.2) is 30.3 Å². The summed E-state index contributed by atoms with van der Waals surface area (Å²) in [6.07, 6.45) is -2.02. The van der Waals surface area contributed by atoms with Crippen LogP contribution in [0.4, 0.5) is 8.78 Å². The second kappa shape index (κ2) is 6.65. The largest absolute Gasteiger partial charge is 0.342 e. The van der Waals surface area contributed by atoms with Gasteiger partial charge in [-0.1, -0.05) is 37.3 Å². The molecule has 2 rings (SSSR count). The highest BCUT2D eigenvalue weighted by Crippen LogP contribution is 2.17. The van der Waals surface area contributed by atoms with Gasteiger partial charge in [0.2, 0.25) is 11.8 Å². The first-order valence-electron chi connectivity index (χ1n) is 6.95. The summed E-state index contributed by atoms with van der Waals surface area (Å²) >= 11 is 0. The number of hydrogen-bond donors (Lipinski definition) is 1. The van der Waals surface area contributed by atoms with Crippen LogP contribution in [0.25, 0.3) is 0 Å². The average Bonchev–Trinajstić information content (AvgIpc) is 2.45. The van der Waals surface area contributed by atoms with Crippen molar-refractivity contribution in [3.8, 4) is 0 Å². The highest BCUT2D eigenvalue weighted by Gasteiger charge is 2.40. The van der Waals surface area contributed by atoms with Crippen LogP contribution < -0.4 is 5.32 Å². The smallest absolute Gasteiger partial charge is 0.255 e. The van der Waals surface area contributed by atoms with Gasteiger partial charge in [-0.25, -0.2) is 8.78 Å². The fourth-order valence-corrected chi connectivity index (χ4v) is 2.58. The lowest BCUT2D eigenvalue weighted by Gasteiger charge is -2.38. The third-order valence-electron chi connectivity index (χ3n) is 3.58. The summed E-state index contributed by atoms with van der Waals surface area (Å²) < 4.78 is 25.3. The third kappa shape index (κ3) is 3.56. The number of nitrogens with zero attached hydrogens (tertiary/aromatic N) is 1. The van der Waals surface area contributed by atoms with Crippen LogP contribution in [0, 0.1) is 0 Å².